The molecule has 2 spiro atoms. The van der Waals surface area contributed by atoms with Crippen LogP contribution < -0.4 is 10.2 Å². The molecule has 0 aromatic carbocycles. The van der Waals surface area contributed by atoms with Crippen molar-refractivity contribution in [3.8, 4) is 0 Å². The average molecular weight is 387 g/mol. The number of aromatic nitrogens is 1. The van der Waals surface area contributed by atoms with Gasteiger partial charge in [0.1, 0.15) is 5.82 Å². The van der Waals surface area contributed by atoms with Crippen LogP contribution in [0.25, 0.3) is 0 Å². The zero-order valence-corrected chi connectivity index (χ0v) is 14.2. The van der Waals surface area contributed by atoms with Crippen LogP contribution in [0.3, 0.4) is 0 Å². The fourth-order valence-electron chi connectivity index (χ4n) is 3.00. The fraction of sp³-hybridized carbons (Fsp3) is 0.235. The molecule has 11 nitrogen and oxygen atoms in total. The third-order valence-electron chi connectivity index (χ3n) is 4.07. The molecule has 1 N–H and O–H groups in total. The van der Waals surface area contributed by atoms with Gasteiger partial charge >= 0.3 is 35.7 Å². The van der Waals surface area contributed by atoms with Crippen molar-refractivity contribution in [1.82, 2.24) is 10.3 Å². The summed E-state index contributed by atoms with van der Waals surface area (Å²) in [5.41, 5.74) is 0. The largest absolute Gasteiger partial charge is 0.443 e. The Balaban J connectivity index is 1.92. The van der Waals surface area contributed by atoms with E-state index in [1.807, 2.05) is 0 Å². The normalized spacial score (nSPS) is 22.8. The highest BCUT2D eigenvalue weighted by atomic mass is 16.8. The lowest BCUT2D eigenvalue weighted by molar-refractivity contribution is -0.376. The van der Waals surface area contributed by atoms with E-state index in [0.29, 0.717) is 0 Å². The minimum absolute atomic E-state index is 0.0986. The number of piperazine rings is 1. The summed E-state index contributed by atoms with van der Waals surface area (Å²) in [5.74, 6) is -8.70. The van der Waals surface area contributed by atoms with Gasteiger partial charge in [0, 0.05) is 43.6 Å². The van der Waals surface area contributed by atoms with E-state index in [2.05, 4.69) is 10.3 Å². The number of pyridine rings is 1. The third kappa shape index (κ3) is 2.77. The van der Waals surface area contributed by atoms with Crippen molar-refractivity contribution in [2.75, 3.05) is 18.0 Å². The van der Waals surface area contributed by atoms with Crippen molar-refractivity contribution >= 4 is 29.7 Å². The number of nitrogens with one attached hydrogen (secondary N) is 1. The molecule has 0 atom stereocenters. The molecule has 1 saturated heterocycles. The first-order valence-corrected chi connectivity index (χ1v) is 8.16. The number of hydrogen-bond acceptors (Lipinski definition) is 11. The molecule has 11 heteroatoms. The van der Waals surface area contributed by atoms with Gasteiger partial charge < -0.3 is 18.9 Å². The predicted molar refractivity (Wildman–Crippen MR) is 87.7 cm³/mol. The molecule has 144 valence electrons. The van der Waals surface area contributed by atoms with Crippen LogP contribution in [0, 0.1) is 0 Å². The molecule has 0 radical (unpaired) electrons. The molecule has 0 saturated carbocycles. The second kappa shape index (κ2) is 6.46. The number of hydrogen-bond donors (Lipinski definition) is 1. The number of esters is 4. The third-order valence-corrected chi connectivity index (χ3v) is 4.07. The van der Waals surface area contributed by atoms with E-state index in [9.17, 15) is 19.2 Å². The van der Waals surface area contributed by atoms with Crippen LogP contribution in [0.5, 0.6) is 0 Å². The molecule has 0 unspecified atom stereocenters. The summed E-state index contributed by atoms with van der Waals surface area (Å²) in [4.78, 5) is 54.1. The minimum atomic E-state index is -2.51. The Kier molecular flexibility index (Phi) is 4.08. The van der Waals surface area contributed by atoms with Crippen molar-refractivity contribution in [3.05, 3.63) is 48.7 Å². The average Bonchev–Trinajstić information content (AvgIpc) is 2.91. The van der Waals surface area contributed by atoms with Gasteiger partial charge in [0.2, 0.25) is 0 Å². The lowest BCUT2D eigenvalue weighted by Gasteiger charge is -2.51. The highest BCUT2D eigenvalue weighted by Gasteiger charge is 2.72. The minimum Gasteiger partial charge on any atom is -0.397 e. The van der Waals surface area contributed by atoms with E-state index >= 15 is 0 Å². The molecule has 4 rings (SSSR count). The van der Waals surface area contributed by atoms with Gasteiger partial charge in [-0.15, -0.1) is 0 Å². The maximum absolute atomic E-state index is 12.2. The molecule has 1 aromatic rings. The molecular weight excluding hydrogens is 374 g/mol. The number of carbonyl (C=O) groups is 4. The summed E-state index contributed by atoms with van der Waals surface area (Å²) in [6.45, 7) is 0.198. The van der Waals surface area contributed by atoms with Crippen molar-refractivity contribution < 1.29 is 38.1 Å². The number of carbonyl (C=O) groups excluding carboxylic acids is 4. The SMILES string of the molecule is O=C1C=CC(=O)OC2(NCCN(c3ccccn3)C23OC(=O)C=CC(=O)O3)O1. The van der Waals surface area contributed by atoms with E-state index < -0.39 is 35.7 Å². The molecule has 1 fully saturated rings. The highest BCUT2D eigenvalue weighted by molar-refractivity contribution is 5.95. The molecular formula is C17H13N3O8. The summed E-state index contributed by atoms with van der Waals surface area (Å²) in [5, 5.41) is 2.69. The van der Waals surface area contributed by atoms with Gasteiger partial charge in [-0.2, -0.15) is 0 Å². The number of anilines is 1. The quantitative estimate of drug-likeness (QED) is 0.602. The molecule has 3 aliphatic rings. The lowest BCUT2D eigenvalue weighted by Crippen LogP contribution is -2.80. The summed E-state index contributed by atoms with van der Waals surface area (Å²) in [6.07, 6.45) is 4.82. The van der Waals surface area contributed by atoms with Gasteiger partial charge in [-0.1, -0.05) is 6.07 Å². The lowest BCUT2D eigenvalue weighted by atomic mass is 10.2. The first-order valence-electron chi connectivity index (χ1n) is 8.16. The van der Waals surface area contributed by atoms with Gasteiger partial charge in [-0.05, 0) is 12.1 Å². The van der Waals surface area contributed by atoms with E-state index in [1.165, 1.54) is 11.1 Å². The summed E-state index contributed by atoms with van der Waals surface area (Å²) in [6, 6.07) is 4.85. The molecule has 1 aromatic heterocycles. The van der Waals surface area contributed by atoms with Crippen molar-refractivity contribution in [1.29, 1.82) is 0 Å². The Morgan fingerprint density at radius 1 is 0.857 bits per heavy atom. The van der Waals surface area contributed by atoms with Crippen LogP contribution in [-0.4, -0.2) is 53.8 Å². The summed E-state index contributed by atoms with van der Waals surface area (Å²) in [7, 11) is 0. The smallest absolute Gasteiger partial charge is 0.397 e. The van der Waals surface area contributed by atoms with Crippen LogP contribution in [0.15, 0.2) is 48.7 Å². The van der Waals surface area contributed by atoms with Gasteiger partial charge in [0.15, 0.2) is 0 Å². The van der Waals surface area contributed by atoms with Crippen LogP contribution in [0.2, 0.25) is 0 Å². The standard InChI is InChI=1S/C17H13N3O8/c21-12-4-5-13(22)26-16(25-12)17(27-14(23)6-7-15(24)28-17)20(10-9-19-16)11-3-1-2-8-18-11/h1-8,19H,9-10H2. The predicted octanol–water partition coefficient (Wildman–Crippen LogP) is -0.889. The van der Waals surface area contributed by atoms with Crippen molar-refractivity contribution in [2.24, 2.45) is 0 Å². The topological polar surface area (TPSA) is 133 Å². The maximum Gasteiger partial charge on any atom is 0.443 e. The Hall–Kier alpha value is -3.73. The zero-order chi connectivity index (χ0) is 19.8. The Bertz CT molecular complexity index is 870. The molecule has 0 bridgehead atoms. The number of nitrogens with zero attached hydrogens (tertiary/aromatic N) is 2. The maximum atomic E-state index is 12.2. The Morgan fingerprint density at radius 2 is 1.43 bits per heavy atom. The Labute approximate surface area is 157 Å². The highest BCUT2D eigenvalue weighted by Crippen LogP contribution is 2.41. The second-order valence-electron chi connectivity index (χ2n) is 5.82. The van der Waals surface area contributed by atoms with Crippen LogP contribution in [0.1, 0.15) is 0 Å². The molecule has 4 heterocycles. The van der Waals surface area contributed by atoms with Crippen molar-refractivity contribution in [2.45, 2.75) is 11.8 Å². The molecule has 0 amide bonds. The number of ether oxygens (including phenoxy) is 4. The second-order valence-corrected chi connectivity index (χ2v) is 5.82. The Morgan fingerprint density at radius 3 is 1.96 bits per heavy atom. The van der Waals surface area contributed by atoms with E-state index in [4.69, 9.17) is 18.9 Å². The van der Waals surface area contributed by atoms with Gasteiger partial charge in [-0.25, -0.2) is 29.5 Å². The van der Waals surface area contributed by atoms with Gasteiger partial charge in [0.25, 0.3) is 0 Å². The van der Waals surface area contributed by atoms with Crippen LogP contribution in [-0.2, 0) is 38.1 Å². The number of rotatable bonds is 1. The number of fused-ring (bicyclic) bond motifs is 1. The van der Waals surface area contributed by atoms with E-state index in [0.717, 1.165) is 24.3 Å². The van der Waals surface area contributed by atoms with Crippen LogP contribution >= 0.6 is 0 Å². The van der Waals surface area contributed by atoms with Crippen molar-refractivity contribution in [3.63, 3.8) is 0 Å². The first-order chi connectivity index (χ1) is 13.4. The first kappa shape index (κ1) is 17.7. The van der Waals surface area contributed by atoms with E-state index in [-0.39, 0.29) is 18.9 Å². The van der Waals surface area contributed by atoms with Gasteiger partial charge in [0.05, 0.1) is 0 Å². The molecule has 0 aliphatic carbocycles. The zero-order valence-electron chi connectivity index (χ0n) is 14.2. The van der Waals surface area contributed by atoms with Gasteiger partial charge in [-0.3, -0.25) is 4.90 Å². The molecule has 3 aliphatic heterocycles. The summed E-state index contributed by atoms with van der Waals surface area (Å²) >= 11 is 0. The van der Waals surface area contributed by atoms with Crippen LogP contribution in [0.4, 0.5) is 5.82 Å². The molecule has 28 heavy (non-hydrogen) atoms. The summed E-state index contributed by atoms with van der Waals surface area (Å²) < 4.78 is 21.3. The monoisotopic (exact) mass is 387 g/mol. The fourth-order valence-corrected chi connectivity index (χ4v) is 3.00. The van der Waals surface area contributed by atoms with E-state index in [1.54, 1.807) is 18.2 Å².